The zero-order chi connectivity index (χ0) is 31.0. The summed E-state index contributed by atoms with van der Waals surface area (Å²) in [4.78, 5) is 45.6. The van der Waals surface area contributed by atoms with Gasteiger partial charge in [-0.25, -0.2) is 8.78 Å². The first-order valence-corrected chi connectivity index (χ1v) is 15.6. The third-order valence-electron chi connectivity index (χ3n) is 9.87. The molecule has 4 atom stereocenters. The lowest BCUT2D eigenvalue weighted by Gasteiger charge is -2.43. The van der Waals surface area contributed by atoms with Crippen LogP contribution in [-0.4, -0.2) is 82.8 Å². The molecule has 1 N–H and O–H groups in total. The van der Waals surface area contributed by atoms with Crippen LogP contribution in [0.2, 0.25) is 0 Å². The number of likely N-dealkylation sites (tertiary alicyclic amines) is 1. The van der Waals surface area contributed by atoms with Gasteiger partial charge in [-0.05, 0) is 82.8 Å². The Labute approximate surface area is 262 Å². The third-order valence-corrected chi connectivity index (χ3v) is 9.87. The van der Waals surface area contributed by atoms with Crippen molar-refractivity contribution < 1.29 is 23.2 Å². The predicted octanol–water partition coefficient (Wildman–Crippen LogP) is 5.37. The Morgan fingerprint density at radius 1 is 1.05 bits per heavy atom. The molecule has 1 aliphatic carbocycles. The first kappa shape index (κ1) is 35.2. The largest absolute Gasteiger partial charge is 0.345 e. The van der Waals surface area contributed by atoms with E-state index in [1.807, 2.05) is 11.8 Å². The number of halogens is 3. The van der Waals surface area contributed by atoms with E-state index in [0.29, 0.717) is 56.0 Å². The molecule has 10 heteroatoms. The summed E-state index contributed by atoms with van der Waals surface area (Å²) in [7, 11) is 0. The van der Waals surface area contributed by atoms with E-state index in [0.717, 1.165) is 31.7 Å². The lowest BCUT2D eigenvalue weighted by Crippen LogP contribution is -2.60. The Hall–Kier alpha value is -2.26. The molecule has 1 aromatic rings. The van der Waals surface area contributed by atoms with E-state index >= 15 is 0 Å². The van der Waals surface area contributed by atoms with Crippen LogP contribution < -0.4 is 5.32 Å². The van der Waals surface area contributed by atoms with Gasteiger partial charge in [-0.3, -0.25) is 19.3 Å². The summed E-state index contributed by atoms with van der Waals surface area (Å²) >= 11 is 0. The van der Waals surface area contributed by atoms with Crippen LogP contribution in [0.25, 0.3) is 0 Å². The average molecular weight is 625 g/mol. The van der Waals surface area contributed by atoms with Crippen molar-refractivity contribution in [2.45, 2.75) is 104 Å². The van der Waals surface area contributed by atoms with Gasteiger partial charge in [0.2, 0.25) is 17.7 Å². The molecule has 7 nitrogen and oxygen atoms in total. The van der Waals surface area contributed by atoms with Crippen molar-refractivity contribution in [3.63, 3.8) is 0 Å². The Balaban J connectivity index is 0.00000506. The Morgan fingerprint density at radius 2 is 1.70 bits per heavy atom. The van der Waals surface area contributed by atoms with Gasteiger partial charge in [-0.15, -0.1) is 12.4 Å². The van der Waals surface area contributed by atoms with Crippen LogP contribution in [0.3, 0.4) is 0 Å². The molecule has 3 amide bonds. The van der Waals surface area contributed by atoms with Crippen molar-refractivity contribution in [2.24, 2.45) is 17.3 Å². The second-order valence-electron chi connectivity index (χ2n) is 14.7. The summed E-state index contributed by atoms with van der Waals surface area (Å²) in [5.74, 6) is -2.08. The summed E-state index contributed by atoms with van der Waals surface area (Å²) in [6, 6.07) is 2.82. The predicted molar refractivity (Wildman–Crippen MR) is 167 cm³/mol. The Kier molecular flexibility index (Phi) is 11.3. The van der Waals surface area contributed by atoms with Gasteiger partial charge in [-0.2, -0.15) is 0 Å². The van der Waals surface area contributed by atoms with Crippen LogP contribution in [0, 0.1) is 28.9 Å². The first-order valence-electron chi connectivity index (χ1n) is 15.6. The molecule has 4 rings (SSSR count). The van der Waals surface area contributed by atoms with Crippen LogP contribution in [-0.2, 0) is 14.4 Å². The number of rotatable bonds is 6. The molecule has 43 heavy (non-hydrogen) atoms. The van der Waals surface area contributed by atoms with Gasteiger partial charge in [0.05, 0.1) is 5.92 Å². The highest BCUT2D eigenvalue weighted by molar-refractivity contribution is 5.87. The fourth-order valence-corrected chi connectivity index (χ4v) is 7.13. The number of benzene rings is 1. The number of hydrogen-bond donors (Lipinski definition) is 1. The number of carbonyl (C=O) groups is 3. The van der Waals surface area contributed by atoms with Crippen LogP contribution in [0.1, 0.15) is 92.1 Å². The zero-order valence-corrected chi connectivity index (χ0v) is 27.7. The molecule has 3 aliphatic rings. The third kappa shape index (κ3) is 8.47. The molecule has 0 unspecified atom stereocenters. The number of nitrogens with one attached hydrogen (secondary N) is 1. The Morgan fingerprint density at radius 3 is 2.26 bits per heavy atom. The lowest BCUT2D eigenvalue weighted by molar-refractivity contribution is -0.147. The lowest BCUT2D eigenvalue weighted by atomic mass is 9.71. The van der Waals surface area contributed by atoms with Crippen LogP contribution in [0.4, 0.5) is 8.78 Å². The summed E-state index contributed by atoms with van der Waals surface area (Å²) in [6.45, 7) is 16.3. The van der Waals surface area contributed by atoms with Crippen LogP contribution in [0.15, 0.2) is 18.2 Å². The van der Waals surface area contributed by atoms with Crippen molar-refractivity contribution in [2.75, 3.05) is 32.7 Å². The van der Waals surface area contributed by atoms with Gasteiger partial charge in [0.25, 0.3) is 0 Å². The van der Waals surface area contributed by atoms with Gasteiger partial charge in [0.15, 0.2) is 0 Å². The number of amides is 3. The summed E-state index contributed by atoms with van der Waals surface area (Å²) in [5, 5.41) is 2.91. The maximum atomic E-state index is 14.9. The fraction of sp³-hybridized carbons (Fsp3) is 0.727. The summed E-state index contributed by atoms with van der Waals surface area (Å²) < 4.78 is 28.6. The van der Waals surface area contributed by atoms with Gasteiger partial charge in [-0.1, -0.05) is 19.9 Å². The highest BCUT2D eigenvalue weighted by atomic mass is 35.5. The molecule has 3 fully saturated rings. The first-order chi connectivity index (χ1) is 19.6. The van der Waals surface area contributed by atoms with E-state index in [1.54, 1.807) is 4.90 Å². The number of piperazine rings is 1. The smallest absolute Gasteiger partial charge is 0.245 e. The van der Waals surface area contributed by atoms with E-state index in [1.165, 1.54) is 19.1 Å². The summed E-state index contributed by atoms with van der Waals surface area (Å²) in [5.41, 5.74) is 0.479. The van der Waals surface area contributed by atoms with Crippen molar-refractivity contribution in [1.82, 2.24) is 20.0 Å². The SMILES string of the molecule is CC(=O)N[C@@H](CC1CCC(C)(C)CC1)C(=O)N1CCN(C(=O)[C@@H]2CN(C(C)(C)C)C[C@H]2c2ccc(F)cc2F)[C@@H](C)C1.Cl. The second kappa shape index (κ2) is 13.8. The molecule has 0 aromatic heterocycles. The molecule has 2 aliphatic heterocycles. The van der Waals surface area contributed by atoms with E-state index in [9.17, 15) is 23.2 Å². The van der Waals surface area contributed by atoms with Gasteiger partial charge < -0.3 is 15.1 Å². The maximum Gasteiger partial charge on any atom is 0.245 e. The van der Waals surface area contributed by atoms with Crippen molar-refractivity contribution in [1.29, 1.82) is 0 Å². The molecule has 242 valence electrons. The van der Waals surface area contributed by atoms with Crippen LogP contribution in [0.5, 0.6) is 0 Å². The maximum absolute atomic E-state index is 14.9. The molecule has 0 radical (unpaired) electrons. The van der Waals surface area contributed by atoms with E-state index in [2.05, 4.69) is 44.8 Å². The Bertz CT molecular complexity index is 1160. The number of carbonyl (C=O) groups excluding carboxylic acids is 3. The number of nitrogens with zero attached hydrogens (tertiary/aromatic N) is 3. The molecule has 2 heterocycles. The normalized spacial score (nSPS) is 25.7. The minimum Gasteiger partial charge on any atom is -0.345 e. The summed E-state index contributed by atoms with van der Waals surface area (Å²) in [6.07, 6.45) is 4.98. The van der Waals surface area contributed by atoms with Crippen molar-refractivity contribution >= 4 is 30.1 Å². The minimum atomic E-state index is -0.635. The standard InChI is InChI=1S/C33H50F2N4O3.ClH/c1-21-18-37(31(42)29(36-22(2)40)16-23-10-12-33(6,7)13-11-23)14-15-39(21)30(41)27-20-38(32(3,4)5)19-26(27)25-9-8-24(34)17-28(25)35;/h8-9,17,21,23,26-27,29H,10-16,18-20H2,1-7H3,(H,36,40);1H/t21-,26-,27+,29-;/m0./s1. The van der Waals surface area contributed by atoms with E-state index in [4.69, 9.17) is 0 Å². The van der Waals surface area contributed by atoms with Gasteiger partial charge >= 0.3 is 0 Å². The molecule has 1 saturated carbocycles. The van der Waals surface area contributed by atoms with E-state index in [-0.39, 0.29) is 41.7 Å². The average Bonchev–Trinajstić information content (AvgIpc) is 3.34. The van der Waals surface area contributed by atoms with Crippen molar-refractivity contribution in [3.05, 3.63) is 35.4 Å². The minimum absolute atomic E-state index is 0. The zero-order valence-electron chi connectivity index (χ0n) is 26.9. The molecular weight excluding hydrogens is 574 g/mol. The fourth-order valence-electron chi connectivity index (χ4n) is 7.13. The van der Waals surface area contributed by atoms with Crippen LogP contribution >= 0.6 is 12.4 Å². The highest BCUT2D eigenvalue weighted by Crippen LogP contribution is 2.41. The molecule has 0 spiro atoms. The monoisotopic (exact) mass is 624 g/mol. The molecule has 2 saturated heterocycles. The van der Waals surface area contributed by atoms with Gasteiger partial charge in [0, 0.05) is 63.2 Å². The van der Waals surface area contributed by atoms with E-state index < -0.39 is 29.5 Å². The van der Waals surface area contributed by atoms with Crippen molar-refractivity contribution in [3.8, 4) is 0 Å². The molecule has 1 aromatic carbocycles. The quantitative estimate of drug-likeness (QED) is 0.462. The number of hydrogen-bond acceptors (Lipinski definition) is 4. The second-order valence-corrected chi connectivity index (χ2v) is 14.7. The molecule has 0 bridgehead atoms. The molecular formula is C33H51ClF2N4O3. The topological polar surface area (TPSA) is 73.0 Å². The van der Waals surface area contributed by atoms with Gasteiger partial charge in [0.1, 0.15) is 17.7 Å². The highest BCUT2D eigenvalue weighted by Gasteiger charge is 2.46.